The molecule has 4 fully saturated rings. The summed E-state index contributed by atoms with van der Waals surface area (Å²) in [5.41, 5.74) is 2.26. The van der Waals surface area contributed by atoms with Crippen LogP contribution in [0.2, 0.25) is 0 Å². The van der Waals surface area contributed by atoms with Crippen molar-refractivity contribution >= 4 is 0 Å². The van der Waals surface area contributed by atoms with Gasteiger partial charge < -0.3 is 4.74 Å². The molecule has 1 saturated heterocycles. The van der Waals surface area contributed by atoms with Crippen molar-refractivity contribution in [3.05, 3.63) is 12.2 Å². The first-order chi connectivity index (χ1) is 9.85. The first-order valence-corrected chi connectivity index (χ1v) is 9.20. The van der Waals surface area contributed by atoms with E-state index < -0.39 is 0 Å². The van der Waals surface area contributed by atoms with Crippen molar-refractivity contribution in [2.45, 2.75) is 77.9 Å². The van der Waals surface area contributed by atoms with Crippen molar-refractivity contribution in [2.75, 3.05) is 0 Å². The molecule has 4 aliphatic rings. The molecule has 0 bridgehead atoms. The Morgan fingerprint density at radius 1 is 1.19 bits per heavy atom. The number of hydrogen-bond donors (Lipinski definition) is 0. The molecule has 1 heterocycles. The van der Waals surface area contributed by atoms with Gasteiger partial charge in [-0.1, -0.05) is 32.9 Å². The fourth-order valence-corrected chi connectivity index (χ4v) is 6.51. The molecule has 3 saturated carbocycles. The Kier molecular flexibility index (Phi) is 2.98. The molecule has 0 amide bonds. The van der Waals surface area contributed by atoms with Gasteiger partial charge in [-0.2, -0.15) is 0 Å². The Morgan fingerprint density at radius 2 is 1.95 bits per heavy atom. The van der Waals surface area contributed by atoms with Crippen LogP contribution < -0.4 is 0 Å². The fraction of sp³-hybridized carbons (Fsp3) is 0.900. The van der Waals surface area contributed by atoms with E-state index in [1.54, 1.807) is 0 Å². The lowest BCUT2D eigenvalue weighted by atomic mass is 9.62. The summed E-state index contributed by atoms with van der Waals surface area (Å²) in [6.07, 6.45) is 8.69. The minimum atomic E-state index is 0.190. The zero-order valence-electron chi connectivity index (χ0n) is 14.3. The minimum absolute atomic E-state index is 0.190. The first kappa shape index (κ1) is 14.3. The van der Waals surface area contributed by atoms with Crippen molar-refractivity contribution in [2.24, 2.45) is 35.0 Å². The highest BCUT2D eigenvalue weighted by Crippen LogP contribution is 2.65. The van der Waals surface area contributed by atoms with E-state index in [9.17, 15) is 0 Å². The lowest BCUT2D eigenvalue weighted by molar-refractivity contribution is 0.0957. The monoisotopic (exact) mass is 288 g/mol. The van der Waals surface area contributed by atoms with E-state index in [0.29, 0.717) is 11.5 Å². The molecule has 0 aromatic rings. The molecule has 0 aromatic heterocycles. The molecule has 1 aliphatic heterocycles. The predicted molar refractivity (Wildman–Crippen MR) is 87.0 cm³/mol. The van der Waals surface area contributed by atoms with Gasteiger partial charge in [0.05, 0.1) is 11.7 Å². The van der Waals surface area contributed by atoms with Crippen molar-refractivity contribution in [3.63, 3.8) is 0 Å². The van der Waals surface area contributed by atoms with Crippen LogP contribution in [0.1, 0.15) is 66.2 Å². The van der Waals surface area contributed by atoms with Crippen molar-refractivity contribution in [1.82, 2.24) is 0 Å². The molecular weight excluding hydrogens is 256 g/mol. The van der Waals surface area contributed by atoms with Gasteiger partial charge >= 0.3 is 0 Å². The third-order valence-electron chi connectivity index (χ3n) is 7.97. The van der Waals surface area contributed by atoms with Gasteiger partial charge in [-0.15, -0.1) is 0 Å². The molecule has 0 aromatic carbocycles. The van der Waals surface area contributed by atoms with Gasteiger partial charge in [-0.3, -0.25) is 0 Å². The highest BCUT2D eigenvalue weighted by atomic mass is 16.6. The van der Waals surface area contributed by atoms with Gasteiger partial charge in [0.2, 0.25) is 0 Å². The number of allylic oxidation sites excluding steroid dienone is 1. The summed E-state index contributed by atoms with van der Waals surface area (Å²) >= 11 is 0. The van der Waals surface area contributed by atoms with Crippen molar-refractivity contribution in [3.8, 4) is 0 Å². The smallest absolute Gasteiger partial charge is 0.0954 e. The van der Waals surface area contributed by atoms with Crippen LogP contribution in [0, 0.1) is 35.0 Å². The molecule has 1 heteroatoms. The van der Waals surface area contributed by atoms with Crippen LogP contribution in [-0.2, 0) is 4.74 Å². The average Bonchev–Trinajstić information content (AvgIpc) is 2.73. The molecule has 1 nitrogen and oxygen atoms in total. The third kappa shape index (κ3) is 1.92. The average molecular weight is 288 g/mol. The van der Waals surface area contributed by atoms with Gasteiger partial charge in [-0.25, -0.2) is 0 Å². The Morgan fingerprint density at radius 3 is 2.67 bits per heavy atom. The van der Waals surface area contributed by atoms with E-state index in [4.69, 9.17) is 4.74 Å². The van der Waals surface area contributed by atoms with Crippen LogP contribution in [0.25, 0.3) is 0 Å². The molecule has 118 valence electrons. The van der Waals surface area contributed by atoms with Gasteiger partial charge in [0, 0.05) is 0 Å². The second-order valence-electron chi connectivity index (χ2n) is 9.35. The second kappa shape index (κ2) is 4.37. The maximum atomic E-state index is 6.33. The Labute approximate surface area is 130 Å². The minimum Gasteiger partial charge on any atom is -0.366 e. The van der Waals surface area contributed by atoms with E-state index >= 15 is 0 Å². The number of epoxide rings is 1. The molecule has 21 heavy (non-hydrogen) atoms. The summed E-state index contributed by atoms with van der Waals surface area (Å²) in [6, 6.07) is 0. The lowest BCUT2D eigenvalue weighted by Gasteiger charge is -2.41. The second-order valence-corrected chi connectivity index (χ2v) is 9.35. The van der Waals surface area contributed by atoms with E-state index in [-0.39, 0.29) is 5.60 Å². The van der Waals surface area contributed by atoms with Gasteiger partial charge in [0.1, 0.15) is 0 Å². The first-order valence-electron chi connectivity index (χ1n) is 9.20. The summed E-state index contributed by atoms with van der Waals surface area (Å²) in [6.45, 7) is 14.3. The van der Waals surface area contributed by atoms with E-state index in [0.717, 1.165) is 29.6 Å². The van der Waals surface area contributed by atoms with E-state index in [1.165, 1.54) is 44.1 Å². The number of hydrogen-bond acceptors (Lipinski definition) is 1. The predicted octanol–water partition coefficient (Wildman–Crippen LogP) is 5.21. The number of ether oxygens (including phenoxy) is 1. The highest BCUT2D eigenvalue weighted by molar-refractivity contribution is 5.21. The Balaban J connectivity index is 1.69. The van der Waals surface area contributed by atoms with Crippen molar-refractivity contribution in [1.29, 1.82) is 0 Å². The van der Waals surface area contributed by atoms with E-state index in [2.05, 4.69) is 34.3 Å². The van der Waals surface area contributed by atoms with Crippen LogP contribution in [0.5, 0.6) is 0 Å². The zero-order chi connectivity index (χ0) is 15.0. The molecule has 3 aliphatic carbocycles. The zero-order valence-corrected chi connectivity index (χ0v) is 14.3. The quantitative estimate of drug-likeness (QED) is 0.477. The molecule has 0 unspecified atom stereocenters. The molecular formula is C20H32O. The number of fused-ring (bicyclic) bond motifs is 4. The molecule has 7 atom stereocenters. The maximum absolute atomic E-state index is 6.33. The van der Waals surface area contributed by atoms with E-state index in [1.807, 2.05) is 0 Å². The fourth-order valence-electron chi connectivity index (χ4n) is 6.51. The standard InChI is InChI=1S/C20H32O/c1-12(2)14-8-9-19(4)11-15-13(3)6-7-16(15)20(5)18(21-20)10-17(14)19/h12,14-18H,3,6-11H2,1-2,4-5H3/t14-,15-,16+,17+,18+,19-,20-/m0/s1. The SMILES string of the molecule is C=C1CC[C@@H]2[C@H]1C[C@]1(C)CC[C@@H](C(C)C)[C@H]1C[C@H]1O[C@@]21C. The number of rotatable bonds is 1. The van der Waals surface area contributed by atoms with Gasteiger partial charge in [-0.05, 0) is 80.5 Å². The van der Waals surface area contributed by atoms with Crippen LogP contribution in [0.3, 0.4) is 0 Å². The molecule has 4 rings (SSSR count). The normalized spacial score (nSPS) is 55.7. The molecule has 0 radical (unpaired) electrons. The molecule has 0 N–H and O–H groups in total. The van der Waals surface area contributed by atoms with Crippen LogP contribution in [0.4, 0.5) is 0 Å². The summed E-state index contributed by atoms with van der Waals surface area (Å²) in [4.78, 5) is 0. The van der Waals surface area contributed by atoms with Gasteiger partial charge in [0.25, 0.3) is 0 Å². The third-order valence-corrected chi connectivity index (χ3v) is 7.97. The van der Waals surface area contributed by atoms with Crippen molar-refractivity contribution < 1.29 is 4.74 Å². The van der Waals surface area contributed by atoms with Crippen LogP contribution >= 0.6 is 0 Å². The topological polar surface area (TPSA) is 12.5 Å². The summed E-state index contributed by atoms with van der Waals surface area (Å²) < 4.78 is 6.33. The van der Waals surface area contributed by atoms with Crippen LogP contribution in [-0.4, -0.2) is 11.7 Å². The summed E-state index contributed by atoms with van der Waals surface area (Å²) in [7, 11) is 0. The van der Waals surface area contributed by atoms with Gasteiger partial charge in [0.15, 0.2) is 0 Å². The largest absolute Gasteiger partial charge is 0.366 e. The Hall–Kier alpha value is -0.300. The summed E-state index contributed by atoms with van der Waals surface area (Å²) in [5.74, 6) is 4.10. The Bertz CT molecular complexity index is 466. The molecule has 0 spiro atoms. The highest BCUT2D eigenvalue weighted by Gasteiger charge is 2.65. The van der Waals surface area contributed by atoms with Crippen LogP contribution in [0.15, 0.2) is 12.2 Å². The maximum Gasteiger partial charge on any atom is 0.0954 e. The summed E-state index contributed by atoms with van der Waals surface area (Å²) in [5, 5.41) is 0. The lowest BCUT2D eigenvalue weighted by Crippen LogP contribution is -2.38.